The zero-order valence-corrected chi connectivity index (χ0v) is 17.3. The summed E-state index contributed by atoms with van der Waals surface area (Å²) in [6.07, 6.45) is 3.91. The van der Waals surface area contributed by atoms with Gasteiger partial charge in [-0.3, -0.25) is 14.5 Å². The summed E-state index contributed by atoms with van der Waals surface area (Å²) in [6.45, 7) is 4.33. The molecule has 1 aromatic rings. The maximum atomic E-state index is 12.1. The third-order valence-corrected chi connectivity index (χ3v) is 6.63. The van der Waals surface area contributed by atoms with Crippen LogP contribution in [0.4, 0.5) is 5.69 Å². The van der Waals surface area contributed by atoms with Gasteiger partial charge in [-0.05, 0) is 50.0 Å². The first kappa shape index (κ1) is 22.4. The summed E-state index contributed by atoms with van der Waals surface area (Å²) in [4.78, 5) is 25.6. The van der Waals surface area contributed by atoms with Crippen LogP contribution >= 0.6 is 0 Å². The number of rotatable bonds is 10. The molecular formula is C20H31N3O4S. The molecule has 3 N–H and O–H groups in total. The highest BCUT2D eigenvalue weighted by molar-refractivity contribution is 7.92. The number of hydrogen-bond acceptors (Lipinski definition) is 5. The van der Waals surface area contributed by atoms with E-state index >= 15 is 0 Å². The summed E-state index contributed by atoms with van der Waals surface area (Å²) in [5.41, 5.74) is 6.99. The molecule has 7 nitrogen and oxygen atoms in total. The number of benzene rings is 1. The lowest BCUT2D eigenvalue weighted by atomic mass is 9.96. The average molecular weight is 410 g/mol. The van der Waals surface area contributed by atoms with Crippen LogP contribution in [-0.2, 0) is 26.0 Å². The van der Waals surface area contributed by atoms with Crippen molar-refractivity contribution in [2.75, 3.05) is 29.9 Å². The van der Waals surface area contributed by atoms with E-state index in [2.05, 4.69) is 10.2 Å². The van der Waals surface area contributed by atoms with Gasteiger partial charge in [-0.1, -0.05) is 31.9 Å². The highest BCUT2D eigenvalue weighted by Crippen LogP contribution is 2.20. The second-order valence-electron chi connectivity index (χ2n) is 7.50. The zero-order valence-electron chi connectivity index (χ0n) is 16.5. The van der Waals surface area contributed by atoms with Gasteiger partial charge in [-0.15, -0.1) is 0 Å². The molecule has 2 rings (SSSR count). The van der Waals surface area contributed by atoms with Crippen molar-refractivity contribution in [1.82, 2.24) is 4.90 Å². The van der Waals surface area contributed by atoms with E-state index in [0.29, 0.717) is 18.7 Å². The number of unbranched alkanes of at least 4 members (excludes halogenated alkanes) is 2. The quantitative estimate of drug-likeness (QED) is 0.574. The maximum Gasteiger partial charge on any atom is 0.239 e. The van der Waals surface area contributed by atoms with Crippen LogP contribution in [0, 0.1) is 5.92 Å². The minimum atomic E-state index is -3.38. The standard InChI is InChI=1S/C20H31N3O4S/c1-2-3-4-12-28(26,27)15-19(24)22-18-7-5-6-16(13-18)14-23-10-8-17(9-11-23)20(21)25/h5-7,13,17H,2-4,8-12,14-15H2,1H3,(H2,21,25)(H,22,24). The Morgan fingerprint density at radius 3 is 2.57 bits per heavy atom. The first-order valence-electron chi connectivity index (χ1n) is 9.90. The summed E-state index contributed by atoms with van der Waals surface area (Å²) in [7, 11) is -3.38. The van der Waals surface area contributed by atoms with E-state index in [0.717, 1.165) is 44.3 Å². The van der Waals surface area contributed by atoms with Crippen molar-refractivity contribution >= 4 is 27.3 Å². The highest BCUT2D eigenvalue weighted by atomic mass is 32.2. The molecule has 0 atom stereocenters. The molecule has 0 saturated carbocycles. The molecule has 1 saturated heterocycles. The fourth-order valence-electron chi connectivity index (χ4n) is 3.42. The molecule has 28 heavy (non-hydrogen) atoms. The van der Waals surface area contributed by atoms with Crippen molar-refractivity contribution in [3.63, 3.8) is 0 Å². The van der Waals surface area contributed by atoms with Gasteiger partial charge in [0.05, 0.1) is 5.75 Å². The Kier molecular flexibility index (Phi) is 8.44. The second-order valence-corrected chi connectivity index (χ2v) is 9.68. The van der Waals surface area contributed by atoms with Crippen LogP contribution in [0.3, 0.4) is 0 Å². The van der Waals surface area contributed by atoms with Crippen LogP contribution in [0.25, 0.3) is 0 Å². The minimum absolute atomic E-state index is 0.0406. The SMILES string of the molecule is CCCCCS(=O)(=O)CC(=O)Nc1cccc(CN2CCC(C(N)=O)CC2)c1. The number of primary amides is 1. The smallest absolute Gasteiger partial charge is 0.239 e. The second kappa shape index (κ2) is 10.6. The van der Waals surface area contributed by atoms with E-state index in [1.54, 1.807) is 6.07 Å². The molecule has 0 unspecified atom stereocenters. The number of nitrogens with zero attached hydrogens (tertiary/aromatic N) is 1. The molecule has 1 fully saturated rings. The van der Waals surface area contributed by atoms with E-state index in [9.17, 15) is 18.0 Å². The minimum Gasteiger partial charge on any atom is -0.369 e. The molecule has 0 bridgehead atoms. The fourth-order valence-corrected chi connectivity index (χ4v) is 4.68. The molecule has 156 valence electrons. The molecular weight excluding hydrogens is 378 g/mol. The van der Waals surface area contributed by atoms with Crippen LogP contribution in [0.2, 0.25) is 0 Å². The van der Waals surface area contributed by atoms with Gasteiger partial charge in [0.15, 0.2) is 9.84 Å². The van der Waals surface area contributed by atoms with Crippen molar-refractivity contribution in [3.8, 4) is 0 Å². The van der Waals surface area contributed by atoms with Gasteiger partial charge in [-0.2, -0.15) is 0 Å². The topological polar surface area (TPSA) is 110 Å². The molecule has 0 spiro atoms. The lowest BCUT2D eigenvalue weighted by Gasteiger charge is -2.30. The molecule has 8 heteroatoms. The number of amides is 2. The van der Waals surface area contributed by atoms with Gasteiger partial charge in [0, 0.05) is 18.2 Å². The predicted molar refractivity (Wildman–Crippen MR) is 110 cm³/mol. The number of piperidine rings is 1. The number of carbonyl (C=O) groups is 2. The van der Waals surface area contributed by atoms with Crippen LogP contribution in [0.5, 0.6) is 0 Å². The summed E-state index contributed by atoms with van der Waals surface area (Å²) >= 11 is 0. The van der Waals surface area contributed by atoms with Crippen molar-refractivity contribution in [3.05, 3.63) is 29.8 Å². The van der Waals surface area contributed by atoms with Gasteiger partial charge in [0.1, 0.15) is 5.75 Å². The number of nitrogens with two attached hydrogens (primary N) is 1. The van der Waals surface area contributed by atoms with E-state index in [1.165, 1.54) is 0 Å². The van der Waals surface area contributed by atoms with Gasteiger partial charge in [0.25, 0.3) is 0 Å². The largest absolute Gasteiger partial charge is 0.369 e. The fraction of sp³-hybridized carbons (Fsp3) is 0.600. The first-order valence-corrected chi connectivity index (χ1v) is 11.7. The van der Waals surface area contributed by atoms with E-state index in [4.69, 9.17) is 5.73 Å². The van der Waals surface area contributed by atoms with Crippen LogP contribution in [0.1, 0.15) is 44.6 Å². The Bertz CT molecular complexity index is 771. The summed E-state index contributed by atoms with van der Waals surface area (Å²) < 4.78 is 24.0. The average Bonchev–Trinajstić information content (AvgIpc) is 2.62. The molecule has 1 aliphatic rings. The normalized spacial score (nSPS) is 16.0. The molecule has 0 aliphatic carbocycles. The number of carbonyl (C=O) groups excluding carboxylic acids is 2. The molecule has 1 heterocycles. The van der Waals surface area contributed by atoms with E-state index in [-0.39, 0.29) is 17.6 Å². The van der Waals surface area contributed by atoms with E-state index < -0.39 is 21.5 Å². The number of anilines is 1. The lowest BCUT2D eigenvalue weighted by Crippen LogP contribution is -2.38. The van der Waals surface area contributed by atoms with Crippen LogP contribution in [0.15, 0.2) is 24.3 Å². The van der Waals surface area contributed by atoms with Crippen LogP contribution < -0.4 is 11.1 Å². The lowest BCUT2D eigenvalue weighted by molar-refractivity contribution is -0.123. The molecule has 2 amide bonds. The number of nitrogens with one attached hydrogen (secondary N) is 1. The first-order chi connectivity index (χ1) is 13.3. The van der Waals surface area contributed by atoms with Crippen molar-refractivity contribution in [1.29, 1.82) is 0 Å². The summed E-state index contributed by atoms with van der Waals surface area (Å²) in [5.74, 6) is -1.21. The van der Waals surface area contributed by atoms with Crippen molar-refractivity contribution in [2.24, 2.45) is 11.7 Å². The molecule has 0 aromatic heterocycles. The van der Waals surface area contributed by atoms with Gasteiger partial charge in [-0.25, -0.2) is 8.42 Å². The Morgan fingerprint density at radius 1 is 1.21 bits per heavy atom. The molecule has 1 aliphatic heterocycles. The maximum absolute atomic E-state index is 12.1. The molecule has 1 aromatic carbocycles. The van der Waals surface area contributed by atoms with Gasteiger partial charge in [0.2, 0.25) is 11.8 Å². The molecule has 0 radical (unpaired) electrons. The van der Waals surface area contributed by atoms with Crippen molar-refractivity contribution < 1.29 is 18.0 Å². The monoisotopic (exact) mass is 409 g/mol. The van der Waals surface area contributed by atoms with Gasteiger partial charge < -0.3 is 11.1 Å². The zero-order chi connectivity index (χ0) is 20.6. The number of likely N-dealkylation sites (tertiary alicyclic amines) is 1. The third kappa shape index (κ3) is 7.59. The summed E-state index contributed by atoms with van der Waals surface area (Å²) in [6, 6.07) is 7.43. The Morgan fingerprint density at radius 2 is 1.93 bits per heavy atom. The van der Waals surface area contributed by atoms with Crippen LogP contribution in [-0.4, -0.2) is 49.7 Å². The highest BCUT2D eigenvalue weighted by Gasteiger charge is 2.23. The third-order valence-electron chi connectivity index (χ3n) is 5.02. The predicted octanol–water partition coefficient (Wildman–Crippen LogP) is 1.93. The van der Waals surface area contributed by atoms with Crippen molar-refractivity contribution in [2.45, 2.75) is 45.6 Å². The number of sulfone groups is 1. The van der Waals surface area contributed by atoms with E-state index in [1.807, 2.05) is 25.1 Å². The van der Waals surface area contributed by atoms with Gasteiger partial charge >= 0.3 is 0 Å². The Hall–Kier alpha value is -1.93. The Balaban J connectivity index is 1.85. The summed E-state index contributed by atoms with van der Waals surface area (Å²) in [5, 5.41) is 2.69. The number of hydrogen-bond donors (Lipinski definition) is 2. The Labute approximate surface area is 167 Å².